The van der Waals surface area contributed by atoms with E-state index in [2.05, 4.69) is 26.2 Å². The van der Waals surface area contributed by atoms with Gasteiger partial charge in [0.1, 0.15) is 18.2 Å². The van der Waals surface area contributed by atoms with Crippen molar-refractivity contribution in [3.05, 3.63) is 34.7 Å². The van der Waals surface area contributed by atoms with Gasteiger partial charge in [-0.1, -0.05) is 12.1 Å². The number of anilines is 1. The van der Waals surface area contributed by atoms with Crippen LogP contribution in [0.4, 0.5) is 10.2 Å². The summed E-state index contributed by atoms with van der Waals surface area (Å²) in [7, 11) is 0. The molecule has 0 aliphatic rings. The van der Waals surface area contributed by atoms with Gasteiger partial charge in [-0.2, -0.15) is 0 Å². The molecule has 0 amide bonds. The second kappa shape index (κ2) is 4.67. The molecule has 1 heterocycles. The Bertz CT molecular complexity index is 581. The Hall–Kier alpha value is -1.69. The minimum absolute atomic E-state index is 0.264. The number of benzene rings is 1. The summed E-state index contributed by atoms with van der Waals surface area (Å²) in [6.07, 6.45) is 1.44. The van der Waals surface area contributed by atoms with Gasteiger partial charge in [-0.3, -0.25) is 4.79 Å². The molecule has 1 aromatic heterocycles. The topological polar surface area (TPSA) is 62.2 Å². The highest BCUT2D eigenvalue weighted by molar-refractivity contribution is 9.10. The molecule has 6 heteroatoms. The van der Waals surface area contributed by atoms with Crippen LogP contribution in [0.25, 0.3) is 10.8 Å². The first-order valence-corrected chi connectivity index (χ1v) is 5.57. The van der Waals surface area contributed by atoms with Crippen LogP contribution in [0.2, 0.25) is 0 Å². The average molecular weight is 299 g/mol. The highest BCUT2D eigenvalue weighted by Gasteiger charge is 2.10. The van der Waals surface area contributed by atoms with E-state index >= 15 is 0 Å². The Labute approximate surface area is 105 Å². The Morgan fingerprint density at radius 2 is 2.29 bits per heavy atom. The van der Waals surface area contributed by atoms with Crippen LogP contribution in [0.5, 0.6) is 0 Å². The third kappa shape index (κ3) is 2.36. The summed E-state index contributed by atoms with van der Waals surface area (Å²) in [5.74, 6) is -1.03. The highest BCUT2D eigenvalue weighted by Crippen LogP contribution is 2.29. The minimum Gasteiger partial charge on any atom is -0.480 e. The number of aromatic nitrogens is 1. The third-order valence-electron chi connectivity index (χ3n) is 2.22. The summed E-state index contributed by atoms with van der Waals surface area (Å²) in [6.45, 7) is -0.264. The van der Waals surface area contributed by atoms with Gasteiger partial charge in [0.05, 0.1) is 0 Å². The van der Waals surface area contributed by atoms with Crippen LogP contribution in [-0.4, -0.2) is 22.6 Å². The molecule has 0 radical (unpaired) electrons. The first-order chi connectivity index (χ1) is 8.09. The number of halogens is 2. The molecule has 0 saturated heterocycles. The van der Waals surface area contributed by atoms with E-state index < -0.39 is 5.97 Å². The number of nitrogens with one attached hydrogen (secondary N) is 1. The maximum Gasteiger partial charge on any atom is 0.322 e. The number of hydrogen-bond donors (Lipinski definition) is 2. The lowest BCUT2D eigenvalue weighted by molar-refractivity contribution is -0.134. The molecule has 0 bridgehead atoms. The maximum absolute atomic E-state index is 13.6. The van der Waals surface area contributed by atoms with Gasteiger partial charge >= 0.3 is 5.97 Å². The number of carboxylic acids is 1. The van der Waals surface area contributed by atoms with Crippen molar-refractivity contribution >= 4 is 38.5 Å². The van der Waals surface area contributed by atoms with Crippen molar-refractivity contribution in [3.8, 4) is 0 Å². The second-order valence-corrected chi connectivity index (χ2v) is 4.22. The number of pyridine rings is 1. The lowest BCUT2D eigenvalue weighted by atomic mass is 10.1. The van der Waals surface area contributed by atoms with Gasteiger partial charge in [-0.05, 0) is 22.0 Å². The lowest BCUT2D eigenvalue weighted by Gasteiger charge is -2.08. The number of carboxylic acid groups (broad SMARTS) is 1. The van der Waals surface area contributed by atoms with Gasteiger partial charge in [-0.25, -0.2) is 9.37 Å². The third-order valence-corrected chi connectivity index (χ3v) is 2.82. The van der Waals surface area contributed by atoms with Crippen molar-refractivity contribution < 1.29 is 14.3 Å². The van der Waals surface area contributed by atoms with Crippen molar-refractivity contribution in [3.63, 3.8) is 0 Å². The number of hydrogen-bond acceptors (Lipinski definition) is 3. The van der Waals surface area contributed by atoms with Crippen molar-refractivity contribution in [1.82, 2.24) is 4.98 Å². The van der Waals surface area contributed by atoms with Crippen molar-refractivity contribution in [2.75, 3.05) is 11.9 Å². The normalized spacial score (nSPS) is 10.5. The van der Waals surface area contributed by atoms with Crippen molar-refractivity contribution in [1.29, 1.82) is 0 Å². The molecule has 1 aromatic carbocycles. The van der Waals surface area contributed by atoms with Crippen LogP contribution in [0, 0.1) is 5.82 Å². The fraction of sp³-hybridized carbons (Fsp3) is 0.0909. The van der Waals surface area contributed by atoms with E-state index in [9.17, 15) is 9.18 Å². The van der Waals surface area contributed by atoms with E-state index in [1.54, 1.807) is 12.1 Å². The Kier molecular flexibility index (Phi) is 3.23. The van der Waals surface area contributed by atoms with Crippen molar-refractivity contribution in [2.45, 2.75) is 0 Å². The molecule has 0 fully saturated rings. The lowest BCUT2D eigenvalue weighted by Crippen LogP contribution is -2.13. The van der Waals surface area contributed by atoms with Crippen molar-refractivity contribution in [2.24, 2.45) is 0 Å². The molecule has 0 unspecified atom stereocenters. The van der Waals surface area contributed by atoms with Crippen LogP contribution >= 0.6 is 15.9 Å². The summed E-state index contributed by atoms with van der Waals surface area (Å²) < 4.78 is 14.2. The van der Waals surface area contributed by atoms with Crippen LogP contribution in [0.1, 0.15) is 0 Å². The van der Waals surface area contributed by atoms with Crippen LogP contribution in [0.3, 0.4) is 0 Å². The fourth-order valence-electron chi connectivity index (χ4n) is 1.52. The zero-order valence-electron chi connectivity index (χ0n) is 8.58. The van der Waals surface area contributed by atoms with Gasteiger partial charge in [0.2, 0.25) is 0 Å². The molecule has 2 aromatic rings. The molecule has 0 spiro atoms. The Balaban J connectivity index is 2.54. The molecule has 2 rings (SSSR count). The zero-order valence-corrected chi connectivity index (χ0v) is 10.2. The van der Waals surface area contributed by atoms with E-state index in [0.717, 1.165) is 0 Å². The van der Waals surface area contributed by atoms with E-state index in [1.807, 2.05) is 0 Å². The predicted molar refractivity (Wildman–Crippen MR) is 65.5 cm³/mol. The van der Waals surface area contributed by atoms with Gasteiger partial charge in [0, 0.05) is 21.4 Å². The van der Waals surface area contributed by atoms with Gasteiger partial charge in [-0.15, -0.1) is 0 Å². The minimum atomic E-state index is -1.00. The van der Waals surface area contributed by atoms with Crippen LogP contribution in [-0.2, 0) is 4.79 Å². The number of aliphatic carboxylic acids is 1. The molecule has 0 atom stereocenters. The SMILES string of the molecule is O=C(O)CNc1ncc(Br)c2c(F)cccc12. The summed E-state index contributed by atoms with van der Waals surface area (Å²) in [5.41, 5.74) is 0. The maximum atomic E-state index is 13.6. The number of fused-ring (bicyclic) bond motifs is 1. The number of rotatable bonds is 3. The van der Waals surface area contributed by atoms with E-state index in [0.29, 0.717) is 21.1 Å². The summed E-state index contributed by atoms with van der Waals surface area (Å²) in [6, 6.07) is 4.58. The monoisotopic (exact) mass is 298 g/mol. The van der Waals surface area contributed by atoms with Gasteiger partial charge in [0.15, 0.2) is 0 Å². The first kappa shape index (κ1) is 11.8. The van der Waals surface area contributed by atoms with E-state index in [1.165, 1.54) is 12.3 Å². The zero-order chi connectivity index (χ0) is 12.4. The number of carbonyl (C=O) groups is 1. The predicted octanol–water partition coefficient (Wildman–Crippen LogP) is 2.63. The molecular weight excluding hydrogens is 291 g/mol. The molecule has 88 valence electrons. The molecule has 4 nitrogen and oxygen atoms in total. The summed E-state index contributed by atoms with van der Waals surface area (Å²) >= 11 is 3.22. The Morgan fingerprint density at radius 3 is 3.00 bits per heavy atom. The summed E-state index contributed by atoms with van der Waals surface area (Å²) in [5, 5.41) is 12.2. The van der Waals surface area contributed by atoms with Gasteiger partial charge in [0.25, 0.3) is 0 Å². The standard InChI is InChI=1S/C11H8BrFN2O2/c12-7-4-14-11(15-5-9(16)17)6-2-1-3-8(13)10(6)7/h1-4H,5H2,(H,14,15)(H,16,17). The molecule has 0 aliphatic heterocycles. The van der Waals surface area contributed by atoms with Gasteiger partial charge < -0.3 is 10.4 Å². The smallest absolute Gasteiger partial charge is 0.322 e. The molecule has 0 aliphatic carbocycles. The molecule has 0 saturated carbocycles. The Morgan fingerprint density at radius 1 is 1.53 bits per heavy atom. The molecule has 17 heavy (non-hydrogen) atoms. The largest absolute Gasteiger partial charge is 0.480 e. The fourth-order valence-corrected chi connectivity index (χ4v) is 2.03. The average Bonchev–Trinajstić information content (AvgIpc) is 2.28. The first-order valence-electron chi connectivity index (χ1n) is 4.78. The summed E-state index contributed by atoms with van der Waals surface area (Å²) in [4.78, 5) is 14.5. The molecule has 2 N–H and O–H groups in total. The molecular formula is C11H8BrFN2O2. The number of nitrogens with zero attached hydrogens (tertiary/aromatic N) is 1. The second-order valence-electron chi connectivity index (χ2n) is 3.36. The van der Waals surface area contributed by atoms with E-state index in [4.69, 9.17) is 5.11 Å². The quantitative estimate of drug-likeness (QED) is 0.914. The highest BCUT2D eigenvalue weighted by atomic mass is 79.9. The van der Waals surface area contributed by atoms with Crippen LogP contribution < -0.4 is 5.32 Å². The van der Waals surface area contributed by atoms with E-state index in [-0.39, 0.29) is 12.4 Å². The van der Waals surface area contributed by atoms with Crippen LogP contribution in [0.15, 0.2) is 28.9 Å².